The third-order valence-corrected chi connectivity index (χ3v) is 6.08. The highest BCUT2D eigenvalue weighted by atomic mass is 32.2. The number of hydrogen-bond acceptors (Lipinski definition) is 4. The molecule has 0 saturated carbocycles. The van der Waals surface area contributed by atoms with Gasteiger partial charge in [0.1, 0.15) is 0 Å². The highest BCUT2D eigenvalue weighted by Crippen LogP contribution is 2.29. The summed E-state index contributed by atoms with van der Waals surface area (Å²) in [5.74, 6) is 6.51. The van der Waals surface area contributed by atoms with Gasteiger partial charge in [-0.2, -0.15) is 0 Å². The van der Waals surface area contributed by atoms with Crippen LogP contribution in [0, 0.1) is 11.8 Å². The van der Waals surface area contributed by atoms with E-state index in [1.54, 1.807) is 24.2 Å². The Bertz CT molecular complexity index is 1390. The Labute approximate surface area is 204 Å². The van der Waals surface area contributed by atoms with Crippen molar-refractivity contribution < 1.29 is 0 Å². The first-order chi connectivity index (χ1) is 16.8. The van der Waals surface area contributed by atoms with Crippen molar-refractivity contribution in [1.29, 1.82) is 0 Å². The lowest BCUT2D eigenvalue weighted by molar-refractivity contribution is 1.22. The molecule has 0 saturated heterocycles. The molecule has 0 bridgehead atoms. The van der Waals surface area contributed by atoms with Gasteiger partial charge in [-0.25, -0.2) is 4.98 Å². The number of hydrogen-bond donors (Lipinski definition) is 0. The Kier molecular flexibility index (Phi) is 6.47. The van der Waals surface area contributed by atoms with E-state index in [9.17, 15) is 0 Å². The Morgan fingerprint density at radius 3 is 1.56 bits per heavy atom. The fourth-order valence-electron chi connectivity index (χ4n) is 3.55. The van der Waals surface area contributed by atoms with Crippen LogP contribution in [0.25, 0.3) is 33.9 Å². The molecule has 162 valence electrons. The summed E-state index contributed by atoms with van der Waals surface area (Å²) in [5, 5.41) is 0. The maximum absolute atomic E-state index is 4.84. The van der Waals surface area contributed by atoms with Gasteiger partial charge in [-0.3, -0.25) is 9.97 Å². The molecule has 4 heteroatoms. The average Bonchev–Trinajstić information content (AvgIpc) is 2.93. The van der Waals surface area contributed by atoms with Crippen LogP contribution in [0.2, 0.25) is 0 Å². The molecule has 5 aromatic rings. The van der Waals surface area contributed by atoms with Crippen LogP contribution in [0.5, 0.6) is 0 Å². The second kappa shape index (κ2) is 10.2. The second-order valence-electron chi connectivity index (χ2n) is 7.61. The maximum Gasteiger partial charge on any atom is 0.0900 e. The zero-order valence-electron chi connectivity index (χ0n) is 18.6. The van der Waals surface area contributed by atoms with Gasteiger partial charge in [0.15, 0.2) is 0 Å². The normalized spacial score (nSPS) is 10.4. The van der Waals surface area contributed by atoms with Crippen molar-refractivity contribution in [3.05, 3.63) is 121 Å². The molecule has 3 nitrogen and oxygen atoms in total. The fraction of sp³-hybridized carbons (Fsp3) is 0.0333. The van der Waals surface area contributed by atoms with Gasteiger partial charge >= 0.3 is 0 Å². The summed E-state index contributed by atoms with van der Waals surface area (Å²) in [6.45, 7) is 0. The highest BCUT2D eigenvalue weighted by Gasteiger charge is 2.10. The van der Waals surface area contributed by atoms with Gasteiger partial charge in [-0.15, -0.1) is 11.8 Å². The van der Waals surface area contributed by atoms with E-state index in [-0.39, 0.29) is 0 Å². The lowest BCUT2D eigenvalue weighted by atomic mass is 10.0. The van der Waals surface area contributed by atoms with Crippen molar-refractivity contribution in [2.45, 2.75) is 4.90 Å². The quantitative estimate of drug-likeness (QED) is 0.216. The van der Waals surface area contributed by atoms with Crippen molar-refractivity contribution >= 4 is 11.8 Å². The molecule has 0 aliphatic carbocycles. The van der Waals surface area contributed by atoms with Gasteiger partial charge in [0.2, 0.25) is 0 Å². The van der Waals surface area contributed by atoms with Crippen molar-refractivity contribution in [3.8, 4) is 45.7 Å². The summed E-state index contributed by atoms with van der Waals surface area (Å²) >= 11 is 1.73. The predicted octanol–water partition coefficient (Wildman–Crippen LogP) is 6.99. The molecule has 0 amide bonds. The van der Waals surface area contributed by atoms with Crippen molar-refractivity contribution in [2.24, 2.45) is 0 Å². The van der Waals surface area contributed by atoms with Gasteiger partial charge in [-0.1, -0.05) is 36.1 Å². The van der Waals surface area contributed by atoms with Crippen molar-refractivity contribution in [2.75, 3.05) is 6.26 Å². The Hall–Kier alpha value is -4.20. The van der Waals surface area contributed by atoms with Crippen LogP contribution in [0.4, 0.5) is 0 Å². The number of thioether (sulfide) groups is 1. The van der Waals surface area contributed by atoms with Gasteiger partial charge < -0.3 is 0 Å². The topological polar surface area (TPSA) is 38.7 Å². The molecule has 2 aromatic carbocycles. The molecular weight excluding hydrogens is 434 g/mol. The molecule has 0 aliphatic rings. The second-order valence-corrected chi connectivity index (χ2v) is 8.49. The highest BCUT2D eigenvalue weighted by molar-refractivity contribution is 7.98. The molecule has 0 spiro atoms. The SMILES string of the molecule is CSc1ccc(C#Cc2ccc(-c3cc(-c4ccccn4)nc(-c4ccccn4)c3)cc2)cc1. The molecule has 34 heavy (non-hydrogen) atoms. The van der Waals surface area contributed by atoms with E-state index in [1.807, 2.05) is 36.4 Å². The van der Waals surface area contributed by atoms with Gasteiger partial charge in [0, 0.05) is 28.4 Å². The summed E-state index contributed by atoms with van der Waals surface area (Å²) in [5.41, 5.74) is 7.42. The molecule has 0 unspecified atom stereocenters. The van der Waals surface area contributed by atoms with Crippen LogP contribution in [-0.4, -0.2) is 21.2 Å². The lowest BCUT2D eigenvalue weighted by Crippen LogP contribution is -1.93. The van der Waals surface area contributed by atoms with E-state index in [0.717, 1.165) is 45.0 Å². The van der Waals surface area contributed by atoms with Crippen LogP contribution in [-0.2, 0) is 0 Å². The first kappa shape index (κ1) is 21.6. The van der Waals surface area contributed by atoms with Crippen molar-refractivity contribution in [3.63, 3.8) is 0 Å². The summed E-state index contributed by atoms with van der Waals surface area (Å²) in [6, 6.07) is 32.5. The minimum Gasteiger partial charge on any atom is -0.255 e. The van der Waals surface area contributed by atoms with Gasteiger partial charge in [0.25, 0.3) is 0 Å². The maximum atomic E-state index is 4.84. The average molecular weight is 456 g/mol. The summed E-state index contributed by atoms with van der Waals surface area (Å²) in [7, 11) is 0. The first-order valence-electron chi connectivity index (χ1n) is 10.9. The number of benzene rings is 2. The zero-order chi connectivity index (χ0) is 23.2. The smallest absolute Gasteiger partial charge is 0.0900 e. The lowest BCUT2D eigenvalue weighted by Gasteiger charge is -2.09. The first-order valence-corrected chi connectivity index (χ1v) is 12.1. The van der Waals surface area contributed by atoms with Crippen LogP contribution in [0.15, 0.2) is 114 Å². The summed E-state index contributed by atoms with van der Waals surface area (Å²) in [6.07, 6.45) is 5.64. The van der Waals surface area contributed by atoms with E-state index in [1.165, 1.54) is 4.90 Å². The third-order valence-electron chi connectivity index (χ3n) is 5.34. The van der Waals surface area contributed by atoms with Gasteiger partial charge in [0.05, 0.1) is 22.8 Å². The van der Waals surface area contributed by atoms with Crippen LogP contribution >= 0.6 is 11.8 Å². The van der Waals surface area contributed by atoms with E-state index in [2.05, 4.69) is 88.7 Å². The molecular formula is C30H21N3S. The molecule has 0 atom stereocenters. The minimum atomic E-state index is 0.816. The molecule has 5 rings (SSSR count). The molecule has 0 N–H and O–H groups in total. The summed E-state index contributed by atoms with van der Waals surface area (Å²) < 4.78 is 0. The van der Waals surface area contributed by atoms with Gasteiger partial charge in [-0.05, 0) is 90.2 Å². The van der Waals surface area contributed by atoms with E-state index >= 15 is 0 Å². The minimum absolute atomic E-state index is 0.816. The molecule has 0 aliphatic heterocycles. The summed E-state index contributed by atoms with van der Waals surface area (Å²) in [4.78, 5) is 15.1. The monoisotopic (exact) mass is 455 g/mol. The third kappa shape index (κ3) is 5.06. The molecule has 3 heterocycles. The van der Waals surface area contributed by atoms with E-state index in [4.69, 9.17) is 4.98 Å². The number of rotatable bonds is 4. The Balaban J connectivity index is 1.48. The van der Waals surface area contributed by atoms with E-state index < -0.39 is 0 Å². The standard InChI is InChI=1S/C30H21N3S/c1-34-26-16-12-23(13-17-26)9-8-22-10-14-24(15-11-22)25-20-29(27-6-2-4-18-31-27)33-30(21-25)28-7-3-5-19-32-28/h2-7,10-21H,1H3. The van der Waals surface area contributed by atoms with Crippen LogP contribution in [0.1, 0.15) is 11.1 Å². The zero-order valence-corrected chi connectivity index (χ0v) is 19.5. The molecule has 3 aromatic heterocycles. The fourth-order valence-corrected chi connectivity index (χ4v) is 3.96. The Morgan fingerprint density at radius 1 is 0.559 bits per heavy atom. The largest absolute Gasteiger partial charge is 0.255 e. The van der Waals surface area contributed by atoms with Crippen LogP contribution in [0.3, 0.4) is 0 Å². The number of aromatic nitrogens is 3. The molecule has 0 fully saturated rings. The Morgan fingerprint density at radius 2 is 1.09 bits per heavy atom. The van der Waals surface area contributed by atoms with E-state index in [0.29, 0.717) is 0 Å². The predicted molar refractivity (Wildman–Crippen MR) is 140 cm³/mol. The number of nitrogens with zero attached hydrogens (tertiary/aromatic N) is 3. The van der Waals surface area contributed by atoms with Crippen molar-refractivity contribution in [1.82, 2.24) is 15.0 Å². The molecule has 0 radical (unpaired) electrons. The van der Waals surface area contributed by atoms with Crippen LogP contribution < -0.4 is 0 Å². The number of pyridine rings is 3.